The zero-order chi connectivity index (χ0) is 17.7. The summed E-state index contributed by atoms with van der Waals surface area (Å²) in [5.74, 6) is 0.971. The molecule has 0 bridgehead atoms. The fourth-order valence-electron chi connectivity index (χ4n) is 3.75. The molecule has 0 spiro atoms. The van der Waals surface area contributed by atoms with Crippen molar-refractivity contribution in [2.75, 3.05) is 0 Å². The molecule has 0 aromatic rings. The van der Waals surface area contributed by atoms with Crippen LogP contribution in [0.5, 0.6) is 0 Å². The first-order valence-electron chi connectivity index (χ1n) is 11.8. The predicted octanol–water partition coefficient (Wildman–Crippen LogP) is 9.46. The second-order valence-electron chi connectivity index (χ2n) is 8.34. The third-order valence-corrected chi connectivity index (χ3v) is 5.60. The second-order valence-corrected chi connectivity index (χ2v) is 8.34. The van der Waals surface area contributed by atoms with Crippen LogP contribution < -0.4 is 0 Å². The monoisotopic (exact) mass is 338 g/mol. The molecule has 0 saturated carbocycles. The van der Waals surface area contributed by atoms with E-state index in [1.807, 2.05) is 0 Å². The summed E-state index contributed by atoms with van der Waals surface area (Å²) in [5, 5.41) is 0. The van der Waals surface area contributed by atoms with E-state index in [-0.39, 0.29) is 0 Å². The first-order valence-corrected chi connectivity index (χ1v) is 11.8. The summed E-state index contributed by atoms with van der Waals surface area (Å²) < 4.78 is 0. The van der Waals surface area contributed by atoms with Crippen molar-refractivity contribution in [1.82, 2.24) is 0 Å². The van der Waals surface area contributed by atoms with Gasteiger partial charge in [0.25, 0.3) is 0 Å². The molecule has 0 rings (SSSR count). The van der Waals surface area contributed by atoms with Gasteiger partial charge in [-0.3, -0.25) is 0 Å². The Labute approximate surface area is 155 Å². The summed E-state index contributed by atoms with van der Waals surface area (Å²) in [7, 11) is 0. The van der Waals surface area contributed by atoms with E-state index in [4.69, 9.17) is 0 Å². The van der Waals surface area contributed by atoms with Gasteiger partial charge in [0.1, 0.15) is 0 Å². The molecule has 1 atom stereocenters. The van der Waals surface area contributed by atoms with E-state index < -0.39 is 0 Å². The molecule has 0 fully saturated rings. The lowest BCUT2D eigenvalue weighted by molar-refractivity contribution is 0.430. The highest BCUT2D eigenvalue weighted by atomic mass is 14.1. The Morgan fingerprint density at radius 1 is 0.375 bits per heavy atom. The lowest BCUT2D eigenvalue weighted by Gasteiger charge is -2.11. The van der Waals surface area contributed by atoms with Crippen molar-refractivity contribution in [2.24, 2.45) is 5.92 Å². The topological polar surface area (TPSA) is 0 Å². The third kappa shape index (κ3) is 20.0. The van der Waals surface area contributed by atoms with Gasteiger partial charge in [0.2, 0.25) is 0 Å². The third-order valence-electron chi connectivity index (χ3n) is 5.60. The molecule has 0 amide bonds. The molecule has 0 saturated heterocycles. The number of hydrogen-bond donors (Lipinski definition) is 0. The summed E-state index contributed by atoms with van der Waals surface area (Å²) in [6, 6.07) is 0. The second kappa shape index (κ2) is 21.0. The van der Waals surface area contributed by atoms with Gasteiger partial charge in [-0.1, -0.05) is 149 Å². The van der Waals surface area contributed by atoms with Gasteiger partial charge in [0.15, 0.2) is 0 Å². The SMILES string of the molecule is CCCCCCCCCCCC[C@@H](C)CCCCCCCCCC. The summed E-state index contributed by atoms with van der Waals surface area (Å²) in [4.78, 5) is 0. The van der Waals surface area contributed by atoms with E-state index in [0.717, 1.165) is 5.92 Å². The number of rotatable bonds is 20. The maximum absolute atomic E-state index is 2.48. The minimum absolute atomic E-state index is 0.971. The summed E-state index contributed by atoms with van der Waals surface area (Å²) in [5.41, 5.74) is 0. The highest BCUT2D eigenvalue weighted by Gasteiger charge is 2.02. The standard InChI is InChI=1S/C24H50/c1-4-6-8-10-12-14-15-17-19-21-23-24(3)22-20-18-16-13-11-9-7-5-2/h24H,4-23H2,1-3H3/t24-/m0/s1. The molecule has 0 aromatic heterocycles. The fourth-order valence-corrected chi connectivity index (χ4v) is 3.75. The van der Waals surface area contributed by atoms with Crippen LogP contribution in [0.3, 0.4) is 0 Å². The van der Waals surface area contributed by atoms with Crippen LogP contribution >= 0.6 is 0 Å². The van der Waals surface area contributed by atoms with Crippen LogP contribution in [0.15, 0.2) is 0 Å². The van der Waals surface area contributed by atoms with Crippen LogP contribution in [0.1, 0.15) is 149 Å². The van der Waals surface area contributed by atoms with Crippen molar-refractivity contribution in [1.29, 1.82) is 0 Å². The fraction of sp³-hybridized carbons (Fsp3) is 1.00. The molecule has 0 unspecified atom stereocenters. The Bertz CT molecular complexity index is 208. The molecular formula is C24H50. The molecule has 146 valence electrons. The van der Waals surface area contributed by atoms with Gasteiger partial charge in [-0.2, -0.15) is 0 Å². The Hall–Kier alpha value is 0. The molecule has 0 aliphatic rings. The molecule has 0 radical (unpaired) electrons. The van der Waals surface area contributed by atoms with Crippen LogP contribution in [0, 0.1) is 5.92 Å². The largest absolute Gasteiger partial charge is 0.0654 e. The van der Waals surface area contributed by atoms with Crippen LogP contribution in [0.25, 0.3) is 0 Å². The molecule has 0 nitrogen and oxygen atoms in total. The lowest BCUT2D eigenvalue weighted by Crippen LogP contribution is -1.95. The Balaban J connectivity index is 3.11. The predicted molar refractivity (Wildman–Crippen MR) is 113 cm³/mol. The van der Waals surface area contributed by atoms with E-state index in [2.05, 4.69) is 20.8 Å². The van der Waals surface area contributed by atoms with Gasteiger partial charge < -0.3 is 0 Å². The molecule has 0 heteroatoms. The van der Waals surface area contributed by atoms with Gasteiger partial charge in [-0.25, -0.2) is 0 Å². The van der Waals surface area contributed by atoms with Crippen molar-refractivity contribution in [3.63, 3.8) is 0 Å². The average Bonchev–Trinajstić information content (AvgIpc) is 2.59. The molecule has 0 aliphatic carbocycles. The smallest absolute Gasteiger partial charge is 0.0443 e. The Kier molecular flexibility index (Phi) is 21.0. The minimum Gasteiger partial charge on any atom is -0.0654 e. The van der Waals surface area contributed by atoms with E-state index in [1.165, 1.54) is 128 Å². The summed E-state index contributed by atoms with van der Waals surface area (Å²) in [6.45, 7) is 7.08. The quantitative estimate of drug-likeness (QED) is 0.194. The molecule has 0 N–H and O–H groups in total. The van der Waals surface area contributed by atoms with Crippen molar-refractivity contribution >= 4 is 0 Å². The Morgan fingerprint density at radius 3 is 0.917 bits per heavy atom. The molecule has 0 aromatic carbocycles. The van der Waals surface area contributed by atoms with E-state index in [1.54, 1.807) is 0 Å². The minimum atomic E-state index is 0.971. The van der Waals surface area contributed by atoms with E-state index in [9.17, 15) is 0 Å². The van der Waals surface area contributed by atoms with Crippen molar-refractivity contribution in [2.45, 2.75) is 149 Å². The van der Waals surface area contributed by atoms with Crippen LogP contribution in [0.4, 0.5) is 0 Å². The molecule has 0 aliphatic heterocycles. The van der Waals surface area contributed by atoms with E-state index in [0.29, 0.717) is 0 Å². The molecule has 0 heterocycles. The summed E-state index contributed by atoms with van der Waals surface area (Å²) >= 11 is 0. The highest BCUT2D eigenvalue weighted by molar-refractivity contribution is 4.56. The maximum Gasteiger partial charge on any atom is -0.0443 e. The van der Waals surface area contributed by atoms with Gasteiger partial charge >= 0.3 is 0 Å². The van der Waals surface area contributed by atoms with Crippen molar-refractivity contribution < 1.29 is 0 Å². The highest BCUT2D eigenvalue weighted by Crippen LogP contribution is 2.19. The van der Waals surface area contributed by atoms with Gasteiger partial charge in [-0.15, -0.1) is 0 Å². The zero-order valence-corrected chi connectivity index (χ0v) is 17.7. The van der Waals surface area contributed by atoms with E-state index >= 15 is 0 Å². The first kappa shape index (κ1) is 24.0. The number of hydrogen-bond acceptors (Lipinski definition) is 0. The molecular weight excluding hydrogens is 288 g/mol. The van der Waals surface area contributed by atoms with Crippen LogP contribution in [0.2, 0.25) is 0 Å². The van der Waals surface area contributed by atoms with Crippen LogP contribution in [-0.4, -0.2) is 0 Å². The number of unbranched alkanes of at least 4 members (excludes halogenated alkanes) is 16. The Morgan fingerprint density at radius 2 is 0.625 bits per heavy atom. The normalized spacial score (nSPS) is 12.6. The molecule has 24 heavy (non-hydrogen) atoms. The lowest BCUT2D eigenvalue weighted by atomic mass is 9.95. The van der Waals surface area contributed by atoms with Gasteiger partial charge in [-0.05, 0) is 5.92 Å². The van der Waals surface area contributed by atoms with Crippen molar-refractivity contribution in [3.05, 3.63) is 0 Å². The van der Waals surface area contributed by atoms with Crippen molar-refractivity contribution in [3.8, 4) is 0 Å². The van der Waals surface area contributed by atoms with Crippen LogP contribution in [-0.2, 0) is 0 Å². The van der Waals surface area contributed by atoms with Gasteiger partial charge in [0.05, 0.1) is 0 Å². The zero-order valence-electron chi connectivity index (χ0n) is 17.7. The first-order chi connectivity index (χ1) is 11.8. The maximum atomic E-state index is 2.48. The average molecular weight is 339 g/mol. The summed E-state index contributed by atoms with van der Waals surface area (Å²) in [6.07, 6.45) is 29.3. The van der Waals surface area contributed by atoms with Gasteiger partial charge in [0, 0.05) is 0 Å².